The summed E-state index contributed by atoms with van der Waals surface area (Å²) in [5.74, 6) is 0.142. The summed E-state index contributed by atoms with van der Waals surface area (Å²) in [5, 5.41) is 5.88. The van der Waals surface area contributed by atoms with Crippen LogP contribution in [-0.4, -0.2) is 25.8 Å². The summed E-state index contributed by atoms with van der Waals surface area (Å²) in [7, 11) is 0. The Morgan fingerprint density at radius 1 is 0.963 bits per heavy atom. The number of para-hydroxylation sites is 1. The number of imidazole rings is 1. The number of aromatic amines is 2. The maximum absolute atomic E-state index is 12.3. The van der Waals surface area contributed by atoms with Gasteiger partial charge in [0.15, 0.2) is 0 Å². The van der Waals surface area contributed by atoms with Crippen molar-refractivity contribution in [2.45, 2.75) is 6.54 Å². The monoisotopic (exact) mass is 360 g/mol. The number of nitrogens with one attached hydrogen (secondary N) is 4. The molecule has 0 saturated heterocycles. The zero-order chi connectivity index (χ0) is 18.6. The fourth-order valence-corrected chi connectivity index (χ4v) is 2.63. The van der Waals surface area contributed by atoms with Gasteiger partial charge in [-0.3, -0.25) is 4.79 Å². The van der Waals surface area contributed by atoms with E-state index in [4.69, 9.17) is 0 Å². The van der Waals surface area contributed by atoms with E-state index in [1.54, 1.807) is 6.07 Å². The van der Waals surface area contributed by atoms with Gasteiger partial charge in [-0.25, -0.2) is 14.8 Å². The normalized spacial score (nSPS) is 10.7. The molecule has 0 bridgehead atoms. The number of anilines is 2. The van der Waals surface area contributed by atoms with Crippen molar-refractivity contribution in [2.24, 2.45) is 0 Å². The first-order valence-electron chi connectivity index (χ1n) is 8.31. The Bertz CT molecular complexity index is 1130. The topological polar surface area (TPSA) is 116 Å². The molecule has 8 nitrogen and oxygen atoms in total. The van der Waals surface area contributed by atoms with E-state index in [1.807, 2.05) is 42.5 Å². The first-order valence-corrected chi connectivity index (χ1v) is 8.31. The summed E-state index contributed by atoms with van der Waals surface area (Å²) in [6, 6.07) is 15.0. The van der Waals surface area contributed by atoms with Crippen LogP contribution in [-0.2, 0) is 6.54 Å². The predicted molar refractivity (Wildman–Crippen MR) is 102 cm³/mol. The Hall–Kier alpha value is -3.94. The first kappa shape index (κ1) is 16.5. The van der Waals surface area contributed by atoms with Crippen LogP contribution in [0, 0.1) is 0 Å². The van der Waals surface area contributed by atoms with Crippen LogP contribution in [0.5, 0.6) is 0 Å². The Morgan fingerprint density at radius 3 is 2.48 bits per heavy atom. The number of carbonyl (C=O) groups is 1. The van der Waals surface area contributed by atoms with Gasteiger partial charge in [-0.2, -0.15) is 0 Å². The number of carbonyl (C=O) groups excluding carboxylic acids is 1. The van der Waals surface area contributed by atoms with Crippen LogP contribution in [0.3, 0.4) is 0 Å². The quantitative estimate of drug-likeness (QED) is 0.436. The number of hydrogen-bond donors (Lipinski definition) is 4. The Kier molecular flexibility index (Phi) is 4.36. The minimum Gasteiger partial charge on any atom is -0.348 e. The van der Waals surface area contributed by atoms with E-state index in [-0.39, 0.29) is 11.6 Å². The molecule has 0 saturated carbocycles. The average Bonchev–Trinajstić information content (AvgIpc) is 3.07. The van der Waals surface area contributed by atoms with E-state index in [1.165, 1.54) is 12.4 Å². The van der Waals surface area contributed by atoms with Crippen LogP contribution in [0.2, 0.25) is 0 Å². The highest BCUT2D eigenvalue weighted by Gasteiger charge is 2.08. The first-order chi connectivity index (χ1) is 13.2. The fourth-order valence-electron chi connectivity index (χ4n) is 2.63. The van der Waals surface area contributed by atoms with Gasteiger partial charge in [0.25, 0.3) is 5.91 Å². The molecule has 4 N–H and O–H groups in total. The van der Waals surface area contributed by atoms with Gasteiger partial charge in [-0.15, -0.1) is 0 Å². The standard InChI is InChI=1S/C19H16N6O2/c26-17(20-9-12-6-7-15-16(8-12)25-19(27)24-15)13-10-21-18(22-11-13)23-14-4-2-1-3-5-14/h1-8,10-11H,9H2,(H,20,26)(H,21,22,23)(H2,24,25,27). The van der Waals surface area contributed by atoms with Gasteiger partial charge >= 0.3 is 5.69 Å². The second-order valence-electron chi connectivity index (χ2n) is 5.93. The lowest BCUT2D eigenvalue weighted by atomic mass is 10.2. The van der Waals surface area contributed by atoms with Gasteiger partial charge < -0.3 is 20.6 Å². The molecule has 0 radical (unpaired) electrons. The molecule has 0 aliphatic heterocycles. The molecule has 2 heterocycles. The lowest BCUT2D eigenvalue weighted by Crippen LogP contribution is -2.23. The molecular formula is C19H16N6O2. The molecule has 2 aromatic carbocycles. The third-order valence-corrected chi connectivity index (χ3v) is 3.98. The molecule has 0 spiro atoms. The number of amides is 1. The Balaban J connectivity index is 1.39. The summed E-state index contributed by atoms with van der Waals surface area (Å²) < 4.78 is 0. The number of H-pyrrole nitrogens is 2. The van der Waals surface area contributed by atoms with E-state index < -0.39 is 0 Å². The van der Waals surface area contributed by atoms with E-state index in [9.17, 15) is 9.59 Å². The van der Waals surface area contributed by atoms with E-state index in [2.05, 4.69) is 30.6 Å². The molecule has 4 aromatic rings. The second-order valence-corrected chi connectivity index (χ2v) is 5.93. The van der Waals surface area contributed by atoms with Crippen molar-refractivity contribution >= 4 is 28.6 Å². The Labute approximate surface area is 153 Å². The predicted octanol–water partition coefficient (Wildman–Crippen LogP) is 2.32. The van der Waals surface area contributed by atoms with Crippen molar-refractivity contribution in [3.05, 3.63) is 82.5 Å². The van der Waals surface area contributed by atoms with Crippen molar-refractivity contribution in [3.63, 3.8) is 0 Å². The summed E-state index contributed by atoms with van der Waals surface area (Å²) in [5.41, 5.74) is 3.27. The summed E-state index contributed by atoms with van der Waals surface area (Å²) >= 11 is 0. The van der Waals surface area contributed by atoms with Crippen molar-refractivity contribution in [2.75, 3.05) is 5.32 Å². The van der Waals surface area contributed by atoms with E-state index in [0.29, 0.717) is 23.6 Å². The summed E-state index contributed by atoms with van der Waals surface area (Å²) in [4.78, 5) is 37.3. The van der Waals surface area contributed by atoms with Crippen LogP contribution in [0.25, 0.3) is 11.0 Å². The Morgan fingerprint density at radius 2 is 1.70 bits per heavy atom. The van der Waals surface area contributed by atoms with Crippen molar-refractivity contribution in [1.29, 1.82) is 0 Å². The molecule has 0 aliphatic rings. The van der Waals surface area contributed by atoms with Gasteiger partial charge in [0.1, 0.15) is 0 Å². The molecule has 134 valence electrons. The van der Waals surface area contributed by atoms with Gasteiger partial charge in [0.2, 0.25) is 5.95 Å². The average molecular weight is 360 g/mol. The van der Waals surface area contributed by atoms with Crippen LogP contribution in [0.4, 0.5) is 11.6 Å². The maximum Gasteiger partial charge on any atom is 0.323 e. The SMILES string of the molecule is O=C(NCc1ccc2[nH]c(=O)[nH]c2c1)c1cnc(Nc2ccccc2)nc1. The van der Waals surface area contributed by atoms with Gasteiger partial charge in [0.05, 0.1) is 16.6 Å². The highest BCUT2D eigenvalue weighted by atomic mass is 16.1. The van der Waals surface area contributed by atoms with Crippen molar-refractivity contribution < 1.29 is 4.79 Å². The van der Waals surface area contributed by atoms with Crippen molar-refractivity contribution in [3.8, 4) is 0 Å². The fraction of sp³-hybridized carbons (Fsp3) is 0.0526. The maximum atomic E-state index is 12.3. The zero-order valence-electron chi connectivity index (χ0n) is 14.2. The number of benzene rings is 2. The summed E-state index contributed by atoms with van der Waals surface area (Å²) in [6.45, 7) is 0.325. The molecule has 2 aromatic heterocycles. The summed E-state index contributed by atoms with van der Waals surface area (Å²) in [6.07, 6.45) is 2.95. The lowest BCUT2D eigenvalue weighted by molar-refractivity contribution is 0.0950. The van der Waals surface area contributed by atoms with E-state index >= 15 is 0 Å². The number of fused-ring (bicyclic) bond motifs is 1. The third kappa shape index (κ3) is 3.84. The molecule has 0 unspecified atom stereocenters. The van der Waals surface area contributed by atoms with Crippen LogP contribution >= 0.6 is 0 Å². The van der Waals surface area contributed by atoms with Crippen molar-refractivity contribution in [1.82, 2.24) is 25.3 Å². The lowest BCUT2D eigenvalue weighted by Gasteiger charge is -2.07. The number of nitrogens with zero attached hydrogens (tertiary/aromatic N) is 2. The number of rotatable bonds is 5. The highest BCUT2D eigenvalue weighted by molar-refractivity contribution is 5.93. The molecule has 0 atom stereocenters. The molecule has 1 amide bonds. The van der Waals surface area contributed by atoms with Crippen LogP contribution in [0.15, 0.2) is 65.7 Å². The minimum atomic E-state index is -0.274. The largest absolute Gasteiger partial charge is 0.348 e. The van der Waals surface area contributed by atoms with Crippen LogP contribution in [0.1, 0.15) is 15.9 Å². The zero-order valence-corrected chi connectivity index (χ0v) is 14.2. The third-order valence-electron chi connectivity index (χ3n) is 3.98. The second kappa shape index (κ2) is 7.12. The van der Waals surface area contributed by atoms with Gasteiger partial charge in [-0.1, -0.05) is 24.3 Å². The molecular weight excluding hydrogens is 344 g/mol. The van der Waals surface area contributed by atoms with Crippen LogP contribution < -0.4 is 16.3 Å². The highest BCUT2D eigenvalue weighted by Crippen LogP contribution is 2.12. The number of aromatic nitrogens is 4. The van der Waals surface area contributed by atoms with Gasteiger partial charge in [-0.05, 0) is 29.8 Å². The van der Waals surface area contributed by atoms with E-state index in [0.717, 1.165) is 16.8 Å². The molecule has 0 fully saturated rings. The molecule has 27 heavy (non-hydrogen) atoms. The molecule has 4 rings (SSSR count). The minimum absolute atomic E-state index is 0.257. The number of hydrogen-bond acceptors (Lipinski definition) is 5. The smallest absolute Gasteiger partial charge is 0.323 e. The molecule has 8 heteroatoms. The molecule has 0 aliphatic carbocycles. The van der Waals surface area contributed by atoms with Gasteiger partial charge in [0, 0.05) is 24.6 Å².